The van der Waals surface area contributed by atoms with Crippen molar-refractivity contribution in [3.05, 3.63) is 45.2 Å². The van der Waals surface area contributed by atoms with E-state index in [2.05, 4.69) is 10.4 Å². The SMILES string of the molecule is Cc1nn(C)c(C)c1NC(=O)[C@H](C)OC(=O)c1ccc(Cl)cc1Cl. The lowest BCUT2D eigenvalue weighted by atomic mass is 10.2. The number of aromatic nitrogens is 2. The molecular weight excluding hydrogens is 353 g/mol. The Morgan fingerprint density at radius 1 is 1.29 bits per heavy atom. The minimum atomic E-state index is -0.997. The van der Waals surface area contributed by atoms with Gasteiger partial charge in [-0.3, -0.25) is 9.48 Å². The van der Waals surface area contributed by atoms with Gasteiger partial charge in [0.2, 0.25) is 0 Å². The molecule has 0 fully saturated rings. The predicted molar refractivity (Wildman–Crippen MR) is 92.7 cm³/mol. The molecule has 0 aliphatic heterocycles. The highest BCUT2D eigenvalue weighted by molar-refractivity contribution is 6.36. The number of ether oxygens (including phenoxy) is 1. The first kappa shape index (κ1) is 18.3. The van der Waals surface area contributed by atoms with Crippen LogP contribution in [-0.2, 0) is 16.6 Å². The molecular formula is C16H17Cl2N3O3. The Bertz CT molecular complexity index is 802. The van der Waals surface area contributed by atoms with Crippen LogP contribution in [-0.4, -0.2) is 27.8 Å². The van der Waals surface area contributed by atoms with Gasteiger partial charge in [-0.15, -0.1) is 0 Å². The molecule has 1 aromatic carbocycles. The zero-order valence-corrected chi connectivity index (χ0v) is 15.2. The van der Waals surface area contributed by atoms with Crippen molar-refractivity contribution in [3.63, 3.8) is 0 Å². The van der Waals surface area contributed by atoms with Gasteiger partial charge < -0.3 is 10.1 Å². The Kier molecular flexibility index (Phi) is 5.51. The topological polar surface area (TPSA) is 73.2 Å². The fourth-order valence-corrected chi connectivity index (χ4v) is 2.60. The molecule has 2 aromatic rings. The second-order valence-corrected chi connectivity index (χ2v) is 6.17. The fraction of sp³-hybridized carbons (Fsp3) is 0.312. The zero-order chi connectivity index (χ0) is 18.0. The lowest BCUT2D eigenvalue weighted by Gasteiger charge is -2.14. The van der Waals surface area contributed by atoms with Crippen molar-refractivity contribution in [3.8, 4) is 0 Å². The lowest BCUT2D eigenvalue weighted by molar-refractivity contribution is -0.123. The zero-order valence-electron chi connectivity index (χ0n) is 13.7. The van der Waals surface area contributed by atoms with E-state index in [9.17, 15) is 9.59 Å². The number of benzene rings is 1. The number of hydrogen-bond acceptors (Lipinski definition) is 4. The van der Waals surface area contributed by atoms with E-state index < -0.39 is 18.0 Å². The molecule has 1 amide bonds. The van der Waals surface area contributed by atoms with E-state index in [-0.39, 0.29) is 10.6 Å². The average molecular weight is 370 g/mol. The maximum atomic E-state index is 12.3. The summed E-state index contributed by atoms with van der Waals surface area (Å²) in [5.74, 6) is -1.15. The molecule has 0 aliphatic rings. The van der Waals surface area contributed by atoms with Crippen LogP contribution >= 0.6 is 23.2 Å². The first-order chi connectivity index (χ1) is 11.2. The van der Waals surface area contributed by atoms with E-state index in [4.69, 9.17) is 27.9 Å². The molecule has 0 bridgehead atoms. The van der Waals surface area contributed by atoms with Crippen LogP contribution < -0.4 is 5.32 Å². The number of nitrogens with zero attached hydrogens (tertiary/aromatic N) is 2. The third kappa shape index (κ3) is 3.88. The summed E-state index contributed by atoms with van der Waals surface area (Å²) in [6.07, 6.45) is -0.997. The molecule has 1 N–H and O–H groups in total. The van der Waals surface area contributed by atoms with Crippen molar-refractivity contribution < 1.29 is 14.3 Å². The number of halogens is 2. The van der Waals surface area contributed by atoms with E-state index in [1.165, 1.54) is 25.1 Å². The number of amides is 1. The van der Waals surface area contributed by atoms with Crippen molar-refractivity contribution in [1.82, 2.24) is 9.78 Å². The third-order valence-corrected chi connectivity index (χ3v) is 4.11. The quantitative estimate of drug-likeness (QED) is 0.836. The highest BCUT2D eigenvalue weighted by Gasteiger charge is 2.22. The van der Waals surface area contributed by atoms with Gasteiger partial charge in [0.25, 0.3) is 5.91 Å². The van der Waals surface area contributed by atoms with Crippen LogP contribution in [0.5, 0.6) is 0 Å². The number of rotatable bonds is 4. The van der Waals surface area contributed by atoms with Gasteiger partial charge in [-0.05, 0) is 39.0 Å². The molecule has 128 valence electrons. The Labute approximate surface area is 149 Å². The monoisotopic (exact) mass is 369 g/mol. The molecule has 0 aliphatic carbocycles. The maximum Gasteiger partial charge on any atom is 0.340 e. The summed E-state index contributed by atoms with van der Waals surface area (Å²) >= 11 is 11.8. The summed E-state index contributed by atoms with van der Waals surface area (Å²) < 4.78 is 6.83. The number of carbonyl (C=O) groups excluding carboxylic acids is 2. The molecule has 1 heterocycles. The van der Waals surface area contributed by atoms with E-state index in [1.54, 1.807) is 18.7 Å². The van der Waals surface area contributed by atoms with Crippen LogP contribution in [0.1, 0.15) is 28.7 Å². The van der Waals surface area contributed by atoms with E-state index in [1.807, 2.05) is 6.92 Å². The minimum Gasteiger partial charge on any atom is -0.449 e. The van der Waals surface area contributed by atoms with Crippen molar-refractivity contribution in [2.75, 3.05) is 5.32 Å². The predicted octanol–water partition coefficient (Wildman–Crippen LogP) is 3.53. The Morgan fingerprint density at radius 3 is 2.50 bits per heavy atom. The number of anilines is 1. The highest BCUT2D eigenvalue weighted by atomic mass is 35.5. The Hall–Kier alpha value is -2.05. The molecule has 6 nitrogen and oxygen atoms in total. The van der Waals surface area contributed by atoms with Crippen LogP contribution in [0, 0.1) is 13.8 Å². The van der Waals surface area contributed by atoms with Crippen molar-refractivity contribution >= 4 is 40.8 Å². The molecule has 1 aromatic heterocycles. The largest absolute Gasteiger partial charge is 0.449 e. The molecule has 0 saturated carbocycles. The maximum absolute atomic E-state index is 12.3. The smallest absolute Gasteiger partial charge is 0.340 e. The Balaban J connectivity index is 2.07. The van der Waals surface area contributed by atoms with Crippen LogP contribution in [0.3, 0.4) is 0 Å². The van der Waals surface area contributed by atoms with Crippen molar-refractivity contribution in [1.29, 1.82) is 0 Å². The standard InChI is InChI=1S/C16H17Cl2N3O3/c1-8-14(9(2)21(4)20-8)19-15(22)10(3)24-16(23)12-6-5-11(17)7-13(12)18/h5-7,10H,1-4H3,(H,19,22)/t10-/m0/s1. The molecule has 0 spiro atoms. The van der Waals surface area contributed by atoms with Crippen molar-refractivity contribution in [2.24, 2.45) is 7.05 Å². The summed E-state index contributed by atoms with van der Waals surface area (Å²) in [6.45, 7) is 5.10. The molecule has 0 saturated heterocycles. The van der Waals surface area contributed by atoms with E-state index >= 15 is 0 Å². The number of nitrogens with one attached hydrogen (secondary N) is 1. The number of esters is 1. The van der Waals surface area contributed by atoms with Crippen LogP contribution in [0.15, 0.2) is 18.2 Å². The summed E-state index contributed by atoms with van der Waals surface area (Å²) in [6, 6.07) is 4.41. The average Bonchev–Trinajstić information content (AvgIpc) is 2.73. The van der Waals surface area contributed by atoms with Gasteiger partial charge in [0, 0.05) is 12.1 Å². The first-order valence-electron chi connectivity index (χ1n) is 7.17. The molecule has 1 atom stereocenters. The van der Waals surface area contributed by atoms with Gasteiger partial charge in [-0.1, -0.05) is 23.2 Å². The molecule has 0 radical (unpaired) electrons. The fourth-order valence-electron chi connectivity index (χ4n) is 2.11. The van der Waals surface area contributed by atoms with E-state index in [0.29, 0.717) is 16.4 Å². The van der Waals surface area contributed by atoms with Gasteiger partial charge in [-0.25, -0.2) is 4.79 Å². The Morgan fingerprint density at radius 2 is 1.96 bits per heavy atom. The van der Waals surface area contributed by atoms with E-state index in [0.717, 1.165) is 5.69 Å². The molecule has 24 heavy (non-hydrogen) atoms. The van der Waals surface area contributed by atoms with Gasteiger partial charge in [0.05, 0.1) is 27.7 Å². The second-order valence-electron chi connectivity index (χ2n) is 5.33. The van der Waals surface area contributed by atoms with Gasteiger partial charge in [0.1, 0.15) is 0 Å². The van der Waals surface area contributed by atoms with Gasteiger partial charge in [0.15, 0.2) is 6.10 Å². The van der Waals surface area contributed by atoms with Gasteiger partial charge >= 0.3 is 5.97 Å². The summed E-state index contributed by atoms with van der Waals surface area (Å²) in [5.41, 5.74) is 2.24. The lowest BCUT2D eigenvalue weighted by Crippen LogP contribution is -2.30. The first-order valence-corrected chi connectivity index (χ1v) is 7.93. The van der Waals surface area contributed by atoms with Crippen molar-refractivity contribution in [2.45, 2.75) is 26.9 Å². The second kappa shape index (κ2) is 7.23. The molecule has 2 rings (SSSR count). The third-order valence-electron chi connectivity index (χ3n) is 3.56. The van der Waals surface area contributed by atoms with Crippen LogP contribution in [0.2, 0.25) is 10.0 Å². The molecule has 8 heteroatoms. The molecule has 0 unspecified atom stereocenters. The summed E-state index contributed by atoms with van der Waals surface area (Å²) in [7, 11) is 1.78. The highest BCUT2D eigenvalue weighted by Crippen LogP contribution is 2.23. The number of aryl methyl sites for hydroxylation is 2. The summed E-state index contributed by atoms with van der Waals surface area (Å²) in [5, 5.41) is 7.51. The number of hydrogen-bond donors (Lipinski definition) is 1. The van der Waals surface area contributed by atoms with Gasteiger partial charge in [-0.2, -0.15) is 5.10 Å². The summed E-state index contributed by atoms with van der Waals surface area (Å²) in [4.78, 5) is 24.4. The van der Waals surface area contributed by atoms with Crippen LogP contribution in [0.4, 0.5) is 5.69 Å². The normalized spacial score (nSPS) is 11.9. The minimum absolute atomic E-state index is 0.148. The van der Waals surface area contributed by atoms with Crippen LogP contribution in [0.25, 0.3) is 0 Å². The number of carbonyl (C=O) groups is 2.